The van der Waals surface area contributed by atoms with Gasteiger partial charge in [0.1, 0.15) is 0 Å². The summed E-state index contributed by atoms with van der Waals surface area (Å²) >= 11 is 9.42. The summed E-state index contributed by atoms with van der Waals surface area (Å²) in [6.45, 7) is 0. The van der Waals surface area contributed by atoms with E-state index in [0.717, 1.165) is 10.0 Å². The SMILES string of the molecule is O=C1OC(c2cc([N+](=O)[O-])ccc2Cl)=N/C1=C\c1ccccc1Br. The maximum atomic E-state index is 12.0. The van der Waals surface area contributed by atoms with Crippen LogP contribution in [0.15, 0.2) is 57.6 Å². The number of carbonyl (C=O) groups excluding carboxylic acids is 1. The van der Waals surface area contributed by atoms with Crippen molar-refractivity contribution in [1.82, 2.24) is 0 Å². The molecule has 0 radical (unpaired) electrons. The maximum absolute atomic E-state index is 12.0. The van der Waals surface area contributed by atoms with E-state index in [1.54, 1.807) is 12.1 Å². The summed E-state index contributed by atoms with van der Waals surface area (Å²) in [7, 11) is 0. The largest absolute Gasteiger partial charge is 0.402 e. The number of rotatable bonds is 3. The van der Waals surface area contributed by atoms with Gasteiger partial charge in [0.15, 0.2) is 5.70 Å². The minimum absolute atomic E-state index is 0.0630. The molecule has 0 saturated heterocycles. The number of hydrogen-bond acceptors (Lipinski definition) is 5. The number of cyclic esters (lactones) is 1. The molecule has 0 bridgehead atoms. The molecule has 0 saturated carbocycles. The molecular formula is C16H8BrClN2O4. The zero-order valence-corrected chi connectivity index (χ0v) is 14.2. The topological polar surface area (TPSA) is 81.8 Å². The first-order chi connectivity index (χ1) is 11.5. The number of ether oxygens (including phenoxy) is 1. The van der Waals surface area contributed by atoms with Crippen molar-refractivity contribution >= 4 is 51.2 Å². The van der Waals surface area contributed by atoms with Gasteiger partial charge in [-0.25, -0.2) is 9.79 Å². The summed E-state index contributed by atoms with van der Waals surface area (Å²) in [5.74, 6) is -0.713. The van der Waals surface area contributed by atoms with E-state index < -0.39 is 10.9 Å². The van der Waals surface area contributed by atoms with Gasteiger partial charge in [0.25, 0.3) is 5.69 Å². The highest BCUT2D eigenvalue weighted by molar-refractivity contribution is 9.10. The Balaban J connectivity index is 2.03. The first-order valence-electron chi connectivity index (χ1n) is 6.67. The van der Waals surface area contributed by atoms with Crippen LogP contribution in [-0.2, 0) is 9.53 Å². The van der Waals surface area contributed by atoms with E-state index in [4.69, 9.17) is 16.3 Å². The average Bonchev–Trinajstić information content (AvgIpc) is 2.90. The van der Waals surface area contributed by atoms with Crippen molar-refractivity contribution in [2.75, 3.05) is 0 Å². The number of hydrogen-bond donors (Lipinski definition) is 0. The highest BCUT2D eigenvalue weighted by Gasteiger charge is 2.27. The zero-order chi connectivity index (χ0) is 17.3. The molecule has 0 N–H and O–H groups in total. The van der Waals surface area contributed by atoms with Crippen LogP contribution in [0.2, 0.25) is 5.02 Å². The average molecular weight is 408 g/mol. The predicted molar refractivity (Wildman–Crippen MR) is 92.9 cm³/mol. The van der Waals surface area contributed by atoms with Crippen LogP contribution < -0.4 is 0 Å². The molecular weight excluding hydrogens is 400 g/mol. The number of non-ortho nitro benzene ring substituents is 1. The molecule has 8 heteroatoms. The summed E-state index contributed by atoms with van der Waals surface area (Å²) in [5, 5.41) is 11.1. The van der Waals surface area contributed by atoms with Crippen LogP contribution in [0.4, 0.5) is 5.69 Å². The fraction of sp³-hybridized carbons (Fsp3) is 0. The molecule has 1 aliphatic rings. The summed E-state index contributed by atoms with van der Waals surface area (Å²) in [6.07, 6.45) is 1.56. The lowest BCUT2D eigenvalue weighted by Gasteiger charge is -2.02. The summed E-state index contributed by atoms with van der Waals surface area (Å²) in [6, 6.07) is 11.1. The molecule has 0 fully saturated rings. The third-order valence-electron chi connectivity index (χ3n) is 3.21. The smallest absolute Gasteiger partial charge is 0.363 e. The van der Waals surface area contributed by atoms with Gasteiger partial charge in [-0.2, -0.15) is 0 Å². The molecule has 24 heavy (non-hydrogen) atoms. The first-order valence-corrected chi connectivity index (χ1v) is 7.84. The Labute approximate surface area is 149 Å². The van der Waals surface area contributed by atoms with E-state index in [2.05, 4.69) is 20.9 Å². The van der Waals surface area contributed by atoms with Gasteiger partial charge in [0.05, 0.1) is 15.5 Å². The minimum atomic E-state index is -0.650. The van der Waals surface area contributed by atoms with Crippen LogP contribution in [0, 0.1) is 10.1 Å². The Kier molecular flexibility index (Phi) is 4.46. The number of benzene rings is 2. The molecule has 120 valence electrons. The van der Waals surface area contributed by atoms with E-state index in [-0.39, 0.29) is 27.9 Å². The van der Waals surface area contributed by atoms with E-state index in [9.17, 15) is 14.9 Å². The van der Waals surface area contributed by atoms with Crippen molar-refractivity contribution < 1.29 is 14.5 Å². The number of nitro groups is 1. The Morgan fingerprint density at radius 1 is 1.25 bits per heavy atom. The third kappa shape index (κ3) is 3.22. The summed E-state index contributed by atoms with van der Waals surface area (Å²) in [4.78, 5) is 26.4. The van der Waals surface area contributed by atoms with Crippen molar-refractivity contribution in [3.05, 3.63) is 78.9 Å². The van der Waals surface area contributed by atoms with E-state index >= 15 is 0 Å². The molecule has 0 amide bonds. The van der Waals surface area contributed by atoms with Crippen LogP contribution in [0.25, 0.3) is 6.08 Å². The minimum Gasteiger partial charge on any atom is -0.402 e. The predicted octanol–water partition coefficient (Wildman–Crippen LogP) is 4.36. The second-order valence-corrected chi connectivity index (χ2v) is 6.04. The molecule has 0 aromatic heterocycles. The maximum Gasteiger partial charge on any atom is 0.363 e. The van der Waals surface area contributed by atoms with Gasteiger partial charge in [-0.15, -0.1) is 0 Å². The number of esters is 1. The number of nitro benzene ring substituents is 1. The van der Waals surface area contributed by atoms with Crippen LogP contribution in [-0.4, -0.2) is 16.8 Å². The lowest BCUT2D eigenvalue weighted by Crippen LogP contribution is -2.06. The van der Waals surface area contributed by atoms with Gasteiger partial charge >= 0.3 is 5.97 Å². The number of halogens is 2. The van der Waals surface area contributed by atoms with Crippen molar-refractivity contribution in [3.8, 4) is 0 Å². The van der Waals surface area contributed by atoms with Crippen LogP contribution in [0.1, 0.15) is 11.1 Å². The molecule has 0 unspecified atom stereocenters. The Hall–Kier alpha value is -2.51. The fourth-order valence-corrected chi connectivity index (χ4v) is 2.65. The zero-order valence-electron chi connectivity index (χ0n) is 11.9. The van der Waals surface area contributed by atoms with Crippen molar-refractivity contribution in [3.63, 3.8) is 0 Å². The monoisotopic (exact) mass is 406 g/mol. The summed E-state index contributed by atoms with van der Waals surface area (Å²) < 4.78 is 5.90. The van der Waals surface area contributed by atoms with Crippen LogP contribution in [0.3, 0.4) is 0 Å². The van der Waals surface area contributed by atoms with E-state index in [1.807, 2.05) is 18.2 Å². The lowest BCUT2D eigenvalue weighted by atomic mass is 10.2. The molecule has 1 aliphatic heterocycles. The molecule has 2 aromatic rings. The van der Waals surface area contributed by atoms with E-state index in [1.165, 1.54) is 18.2 Å². The highest BCUT2D eigenvalue weighted by Crippen LogP contribution is 2.28. The normalized spacial score (nSPS) is 15.3. The fourth-order valence-electron chi connectivity index (χ4n) is 2.05. The Bertz CT molecular complexity index is 924. The van der Waals surface area contributed by atoms with Gasteiger partial charge in [0, 0.05) is 16.6 Å². The molecule has 1 heterocycles. The molecule has 3 rings (SSSR count). The van der Waals surface area contributed by atoms with Gasteiger partial charge in [0.2, 0.25) is 5.90 Å². The van der Waals surface area contributed by atoms with Crippen molar-refractivity contribution in [1.29, 1.82) is 0 Å². The van der Waals surface area contributed by atoms with Gasteiger partial charge in [-0.3, -0.25) is 10.1 Å². The Morgan fingerprint density at radius 3 is 2.71 bits per heavy atom. The quantitative estimate of drug-likeness (QED) is 0.328. The van der Waals surface area contributed by atoms with Crippen molar-refractivity contribution in [2.45, 2.75) is 0 Å². The van der Waals surface area contributed by atoms with Gasteiger partial charge < -0.3 is 4.74 Å². The molecule has 0 atom stereocenters. The molecule has 0 aliphatic carbocycles. The van der Waals surface area contributed by atoms with Crippen molar-refractivity contribution in [2.24, 2.45) is 4.99 Å². The number of carbonyl (C=O) groups is 1. The number of nitrogens with zero attached hydrogens (tertiary/aromatic N) is 2. The third-order valence-corrected chi connectivity index (χ3v) is 4.26. The van der Waals surface area contributed by atoms with Crippen LogP contribution >= 0.6 is 27.5 Å². The molecule has 6 nitrogen and oxygen atoms in total. The Morgan fingerprint density at radius 2 is 2.00 bits per heavy atom. The molecule has 2 aromatic carbocycles. The highest BCUT2D eigenvalue weighted by atomic mass is 79.9. The summed E-state index contributed by atoms with van der Waals surface area (Å²) in [5.41, 5.74) is 0.852. The standard InChI is InChI=1S/C16H8BrClN2O4/c17-12-4-2-1-3-9(12)7-14-16(21)24-15(19-14)11-8-10(20(22)23)5-6-13(11)18/h1-8H/b14-7-. The number of aliphatic imine (C=N–C) groups is 1. The first kappa shape index (κ1) is 16.4. The second-order valence-electron chi connectivity index (χ2n) is 4.78. The van der Waals surface area contributed by atoms with Crippen LogP contribution in [0.5, 0.6) is 0 Å². The van der Waals surface area contributed by atoms with Gasteiger partial charge in [-0.05, 0) is 23.8 Å². The van der Waals surface area contributed by atoms with Gasteiger partial charge in [-0.1, -0.05) is 45.7 Å². The second kappa shape index (κ2) is 6.54. The van der Waals surface area contributed by atoms with E-state index in [0.29, 0.717) is 0 Å². The lowest BCUT2D eigenvalue weighted by molar-refractivity contribution is -0.384. The molecule has 0 spiro atoms.